The van der Waals surface area contributed by atoms with E-state index in [0.29, 0.717) is 18.5 Å². The average molecular weight is 389 g/mol. The highest BCUT2D eigenvalue weighted by molar-refractivity contribution is 6.00. The lowest BCUT2D eigenvalue weighted by Crippen LogP contribution is -2.50. The Morgan fingerprint density at radius 3 is 2.59 bits per heavy atom. The minimum Gasteiger partial charge on any atom is -0.369 e. The summed E-state index contributed by atoms with van der Waals surface area (Å²) in [5, 5.41) is 3.11. The Kier molecular flexibility index (Phi) is 5.06. The SMILES string of the molecule is O=C(CN1CCN(c2ccccc2)CC1)NC1=NC2CCc3ccccc3C2C1. The van der Waals surface area contributed by atoms with Crippen molar-refractivity contribution in [3.63, 3.8) is 0 Å². The number of anilines is 1. The second-order valence-electron chi connectivity index (χ2n) is 8.34. The first-order valence-corrected chi connectivity index (χ1v) is 10.7. The van der Waals surface area contributed by atoms with Crippen LogP contribution in [-0.2, 0) is 11.2 Å². The number of fused-ring (bicyclic) bond motifs is 3. The van der Waals surface area contributed by atoms with Crippen molar-refractivity contribution in [2.45, 2.75) is 31.2 Å². The highest BCUT2D eigenvalue weighted by Gasteiger charge is 2.35. The number of aryl methyl sites for hydroxylation is 1. The van der Waals surface area contributed by atoms with Gasteiger partial charge >= 0.3 is 0 Å². The van der Waals surface area contributed by atoms with Crippen molar-refractivity contribution in [3.05, 3.63) is 65.7 Å². The van der Waals surface area contributed by atoms with E-state index in [0.717, 1.165) is 51.3 Å². The molecule has 0 aromatic heterocycles. The van der Waals surface area contributed by atoms with Crippen LogP contribution in [-0.4, -0.2) is 55.4 Å². The van der Waals surface area contributed by atoms with E-state index in [4.69, 9.17) is 4.99 Å². The molecular weight excluding hydrogens is 360 g/mol. The number of hydrogen-bond acceptors (Lipinski definition) is 4. The molecule has 0 saturated carbocycles. The third kappa shape index (κ3) is 3.92. The van der Waals surface area contributed by atoms with Crippen molar-refractivity contribution >= 4 is 17.4 Å². The number of benzene rings is 2. The van der Waals surface area contributed by atoms with Gasteiger partial charge in [-0.3, -0.25) is 14.7 Å². The summed E-state index contributed by atoms with van der Waals surface area (Å²) >= 11 is 0. The van der Waals surface area contributed by atoms with E-state index in [1.807, 2.05) is 6.07 Å². The Hall–Kier alpha value is -2.66. The Bertz CT molecular complexity index is 902. The largest absolute Gasteiger partial charge is 0.369 e. The van der Waals surface area contributed by atoms with Crippen LogP contribution in [0.15, 0.2) is 59.6 Å². The van der Waals surface area contributed by atoms with Crippen molar-refractivity contribution in [3.8, 4) is 0 Å². The topological polar surface area (TPSA) is 47.9 Å². The molecule has 1 amide bonds. The summed E-state index contributed by atoms with van der Waals surface area (Å²) in [6.45, 7) is 4.19. The predicted octanol–water partition coefficient (Wildman–Crippen LogP) is 2.83. The van der Waals surface area contributed by atoms with Gasteiger partial charge in [-0.05, 0) is 36.1 Å². The molecule has 0 spiro atoms. The molecule has 2 aliphatic heterocycles. The monoisotopic (exact) mass is 388 g/mol. The van der Waals surface area contributed by atoms with Crippen LogP contribution in [0.4, 0.5) is 5.69 Å². The molecule has 2 unspecified atom stereocenters. The molecule has 1 saturated heterocycles. The first-order valence-electron chi connectivity index (χ1n) is 10.7. The first-order chi connectivity index (χ1) is 14.3. The third-order valence-corrected chi connectivity index (χ3v) is 6.51. The van der Waals surface area contributed by atoms with Crippen LogP contribution in [0.2, 0.25) is 0 Å². The molecule has 2 aromatic rings. The van der Waals surface area contributed by atoms with Gasteiger partial charge in [0.05, 0.1) is 12.6 Å². The number of nitrogens with one attached hydrogen (secondary N) is 1. The van der Waals surface area contributed by atoms with E-state index >= 15 is 0 Å². The predicted molar refractivity (Wildman–Crippen MR) is 117 cm³/mol. The summed E-state index contributed by atoms with van der Waals surface area (Å²) in [6, 6.07) is 19.5. The minimum atomic E-state index is 0.0730. The number of amidine groups is 1. The van der Waals surface area contributed by atoms with Crippen LogP contribution in [0.5, 0.6) is 0 Å². The first kappa shape index (κ1) is 18.4. The molecular formula is C24H28N4O. The summed E-state index contributed by atoms with van der Waals surface area (Å²) in [6.07, 6.45) is 3.03. The Morgan fingerprint density at radius 2 is 1.76 bits per heavy atom. The third-order valence-electron chi connectivity index (χ3n) is 6.51. The van der Waals surface area contributed by atoms with Gasteiger partial charge in [-0.1, -0.05) is 42.5 Å². The van der Waals surface area contributed by atoms with Crippen LogP contribution >= 0.6 is 0 Å². The molecule has 29 heavy (non-hydrogen) atoms. The number of rotatable bonds is 3. The molecule has 0 bridgehead atoms. The Morgan fingerprint density at radius 1 is 1.00 bits per heavy atom. The number of hydrogen-bond donors (Lipinski definition) is 1. The quantitative estimate of drug-likeness (QED) is 0.880. The molecule has 5 heteroatoms. The van der Waals surface area contributed by atoms with E-state index in [1.165, 1.54) is 16.8 Å². The van der Waals surface area contributed by atoms with Gasteiger partial charge < -0.3 is 10.2 Å². The van der Waals surface area contributed by atoms with E-state index in [9.17, 15) is 4.79 Å². The van der Waals surface area contributed by atoms with Crippen molar-refractivity contribution in [1.82, 2.24) is 10.2 Å². The van der Waals surface area contributed by atoms with E-state index in [-0.39, 0.29) is 5.91 Å². The molecule has 2 heterocycles. The van der Waals surface area contributed by atoms with Crippen LogP contribution in [0.1, 0.15) is 29.9 Å². The normalized spacial score (nSPS) is 23.9. The van der Waals surface area contributed by atoms with Gasteiger partial charge in [-0.2, -0.15) is 0 Å². The summed E-state index contributed by atoms with van der Waals surface area (Å²) in [5.41, 5.74) is 4.14. The number of piperazine rings is 1. The number of aliphatic imine (C=N–C) groups is 1. The van der Waals surface area contributed by atoms with Gasteiger partial charge in [-0.25, -0.2) is 0 Å². The van der Waals surface area contributed by atoms with Gasteiger partial charge in [0.15, 0.2) is 0 Å². The molecule has 150 valence electrons. The molecule has 1 fully saturated rings. The fraction of sp³-hybridized carbons (Fsp3) is 0.417. The van der Waals surface area contributed by atoms with Crippen molar-refractivity contribution in [1.29, 1.82) is 0 Å². The van der Waals surface area contributed by atoms with Crippen molar-refractivity contribution < 1.29 is 4.79 Å². The lowest BCUT2D eigenvalue weighted by atomic mass is 9.79. The lowest BCUT2D eigenvalue weighted by Gasteiger charge is -2.35. The second kappa shape index (κ2) is 7.99. The molecule has 5 rings (SSSR count). The van der Waals surface area contributed by atoms with Crippen LogP contribution in [0.3, 0.4) is 0 Å². The highest BCUT2D eigenvalue weighted by atomic mass is 16.2. The molecule has 1 N–H and O–H groups in total. The smallest absolute Gasteiger partial charge is 0.239 e. The van der Waals surface area contributed by atoms with Crippen molar-refractivity contribution in [2.75, 3.05) is 37.6 Å². The summed E-state index contributed by atoms with van der Waals surface area (Å²) in [4.78, 5) is 22.1. The van der Waals surface area contributed by atoms with Gasteiger partial charge in [0, 0.05) is 44.2 Å². The summed E-state index contributed by atoms with van der Waals surface area (Å²) < 4.78 is 0. The Labute approximate surface area is 172 Å². The van der Waals surface area contributed by atoms with Gasteiger partial charge in [-0.15, -0.1) is 0 Å². The van der Waals surface area contributed by atoms with Crippen LogP contribution in [0, 0.1) is 0 Å². The number of nitrogens with zero attached hydrogens (tertiary/aromatic N) is 3. The van der Waals surface area contributed by atoms with Gasteiger partial charge in [0.2, 0.25) is 5.91 Å². The number of carbonyl (C=O) groups excluding carboxylic acids is 1. The molecule has 5 nitrogen and oxygen atoms in total. The molecule has 1 aliphatic carbocycles. The zero-order valence-corrected chi connectivity index (χ0v) is 16.8. The molecule has 3 aliphatic rings. The van der Waals surface area contributed by atoms with E-state index < -0.39 is 0 Å². The molecule has 2 atom stereocenters. The zero-order valence-electron chi connectivity index (χ0n) is 16.8. The maximum absolute atomic E-state index is 12.6. The maximum atomic E-state index is 12.6. The fourth-order valence-corrected chi connectivity index (χ4v) is 4.99. The van der Waals surface area contributed by atoms with Crippen LogP contribution in [0.25, 0.3) is 0 Å². The molecule has 0 radical (unpaired) electrons. The Balaban J connectivity index is 1.13. The van der Waals surface area contributed by atoms with Crippen LogP contribution < -0.4 is 10.2 Å². The second-order valence-corrected chi connectivity index (χ2v) is 8.34. The fourth-order valence-electron chi connectivity index (χ4n) is 4.99. The summed E-state index contributed by atoms with van der Waals surface area (Å²) in [5.74, 6) is 1.39. The number of carbonyl (C=O) groups is 1. The molecule has 2 aromatic carbocycles. The number of para-hydroxylation sites is 1. The standard InChI is InChI=1S/C24H28N4O/c29-24(17-27-12-14-28(15-13-27)19-7-2-1-3-8-19)26-23-16-21-20-9-5-4-6-18(20)10-11-22(21)25-23/h1-9,21-22H,10-17H2,(H,25,26,29). The number of amides is 1. The lowest BCUT2D eigenvalue weighted by molar-refractivity contribution is -0.120. The highest BCUT2D eigenvalue weighted by Crippen LogP contribution is 2.39. The van der Waals surface area contributed by atoms with Gasteiger partial charge in [0.1, 0.15) is 5.84 Å². The van der Waals surface area contributed by atoms with E-state index in [1.54, 1.807) is 0 Å². The maximum Gasteiger partial charge on any atom is 0.239 e. The zero-order chi connectivity index (χ0) is 19.6. The summed E-state index contributed by atoms with van der Waals surface area (Å²) in [7, 11) is 0. The average Bonchev–Trinajstić information content (AvgIpc) is 3.18. The van der Waals surface area contributed by atoms with Gasteiger partial charge in [0.25, 0.3) is 0 Å². The minimum absolute atomic E-state index is 0.0730. The van der Waals surface area contributed by atoms with E-state index in [2.05, 4.69) is 63.6 Å². The van der Waals surface area contributed by atoms with Crippen molar-refractivity contribution in [2.24, 2.45) is 4.99 Å².